The lowest BCUT2D eigenvalue weighted by Gasteiger charge is -2.19. The van der Waals surface area contributed by atoms with Gasteiger partial charge in [0.2, 0.25) is 0 Å². The molecule has 1 aromatic heterocycles. The molecule has 6 heteroatoms. The van der Waals surface area contributed by atoms with Gasteiger partial charge in [-0.1, -0.05) is 23.7 Å². The number of nitrogens with one attached hydrogen (secondary N) is 1. The van der Waals surface area contributed by atoms with E-state index in [1.165, 1.54) is 0 Å². The number of rotatable bonds is 4. The van der Waals surface area contributed by atoms with Gasteiger partial charge in [-0.05, 0) is 51.3 Å². The van der Waals surface area contributed by atoms with Crippen LogP contribution in [0.15, 0.2) is 41.4 Å². The van der Waals surface area contributed by atoms with Crippen molar-refractivity contribution in [1.29, 1.82) is 0 Å². The summed E-state index contributed by atoms with van der Waals surface area (Å²) in [5.41, 5.74) is 3.04. The van der Waals surface area contributed by atoms with E-state index in [2.05, 4.69) is 41.4 Å². The molecule has 0 fully saturated rings. The number of halogens is 1. The van der Waals surface area contributed by atoms with Crippen LogP contribution in [0.3, 0.4) is 0 Å². The second-order valence-electron chi connectivity index (χ2n) is 6.09. The van der Waals surface area contributed by atoms with E-state index in [1.807, 2.05) is 30.1 Å². The second kappa shape index (κ2) is 7.20. The monoisotopic (exact) mass is 343 g/mol. The van der Waals surface area contributed by atoms with Crippen molar-refractivity contribution < 1.29 is 0 Å². The number of benzene rings is 1. The summed E-state index contributed by atoms with van der Waals surface area (Å²) in [6, 6.07) is 11.9. The molecule has 0 aliphatic carbocycles. The predicted molar refractivity (Wildman–Crippen MR) is 102 cm³/mol. The first-order valence-corrected chi connectivity index (χ1v) is 8.40. The fourth-order valence-electron chi connectivity index (χ4n) is 2.76. The number of fused-ring (bicyclic) bond motifs is 2. The van der Waals surface area contributed by atoms with Crippen molar-refractivity contribution >= 4 is 34.6 Å². The zero-order valence-corrected chi connectivity index (χ0v) is 15.0. The number of para-hydroxylation sites is 1. The lowest BCUT2D eigenvalue weighted by atomic mass is 10.1. The quantitative estimate of drug-likeness (QED) is 0.680. The van der Waals surface area contributed by atoms with Gasteiger partial charge in [-0.3, -0.25) is 4.99 Å². The van der Waals surface area contributed by atoms with Crippen LogP contribution >= 0.6 is 11.6 Å². The fourth-order valence-corrected chi connectivity index (χ4v) is 2.90. The summed E-state index contributed by atoms with van der Waals surface area (Å²) in [5.74, 6) is 1.67. The first-order valence-electron chi connectivity index (χ1n) is 8.02. The van der Waals surface area contributed by atoms with Crippen LogP contribution in [-0.4, -0.2) is 50.0 Å². The number of hydrogen-bond acceptors (Lipinski definition) is 4. The molecule has 126 valence electrons. The molecular weight excluding hydrogens is 322 g/mol. The lowest BCUT2D eigenvalue weighted by molar-refractivity contribution is 0.403. The van der Waals surface area contributed by atoms with E-state index in [9.17, 15) is 0 Å². The summed E-state index contributed by atoms with van der Waals surface area (Å²) in [7, 11) is 6.15. The van der Waals surface area contributed by atoms with E-state index < -0.39 is 0 Å². The highest BCUT2D eigenvalue weighted by atomic mass is 35.5. The van der Waals surface area contributed by atoms with Crippen LogP contribution in [0.5, 0.6) is 0 Å². The summed E-state index contributed by atoms with van der Waals surface area (Å²) in [5, 5.41) is 3.91. The van der Waals surface area contributed by atoms with Gasteiger partial charge in [-0.15, -0.1) is 0 Å². The third-order valence-electron chi connectivity index (χ3n) is 3.97. The third-order valence-corrected chi connectivity index (χ3v) is 4.18. The van der Waals surface area contributed by atoms with Crippen LogP contribution in [0.1, 0.15) is 12.0 Å². The molecule has 0 spiro atoms. The molecule has 0 amide bonds. The number of aliphatic imine (C=N–C) groups is 1. The van der Waals surface area contributed by atoms with Gasteiger partial charge in [0.25, 0.3) is 0 Å². The highest BCUT2D eigenvalue weighted by molar-refractivity contribution is 6.29. The number of anilines is 3. The molecule has 0 unspecified atom stereocenters. The van der Waals surface area contributed by atoms with E-state index in [0.29, 0.717) is 5.15 Å². The van der Waals surface area contributed by atoms with E-state index in [4.69, 9.17) is 16.6 Å². The number of aromatic nitrogens is 1. The molecule has 1 N–H and O–H groups in total. The van der Waals surface area contributed by atoms with Crippen molar-refractivity contribution in [2.75, 3.05) is 44.4 Å². The molecule has 0 atom stereocenters. The molecule has 5 nitrogen and oxygen atoms in total. The average molecular weight is 344 g/mol. The number of amidine groups is 1. The molecule has 1 aromatic carbocycles. The van der Waals surface area contributed by atoms with Gasteiger partial charge in [-0.25, -0.2) is 4.98 Å². The standard InChI is InChI=1S/C18H22ClN5/c1-23(2)12-6-11-20-17-13-7-4-5-8-15(13)24(3)18-14(21-17)9-10-16(19)22-18/h4-5,7-10H,6,11-12H2,1-3H3,(H,20,21). The Morgan fingerprint density at radius 1 is 1.21 bits per heavy atom. The largest absolute Gasteiger partial charge is 0.337 e. The van der Waals surface area contributed by atoms with Crippen LogP contribution in [0.25, 0.3) is 0 Å². The van der Waals surface area contributed by atoms with Gasteiger partial charge < -0.3 is 15.1 Å². The molecule has 1 aliphatic rings. The van der Waals surface area contributed by atoms with Gasteiger partial charge in [-0.2, -0.15) is 0 Å². The number of hydrogen-bond donors (Lipinski definition) is 1. The van der Waals surface area contributed by atoms with Gasteiger partial charge in [0.15, 0.2) is 5.82 Å². The minimum Gasteiger partial charge on any atom is -0.337 e. The topological polar surface area (TPSA) is 43.8 Å². The highest BCUT2D eigenvalue weighted by Crippen LogP contribution is 2.36. The first-order chi connectivity index (χ1) is 11.6. The fraction of sp³-hybridized carbons (Fsp3) is 0.333. The maximum absolute atomic E-state index is 6.09. The number of nitrogens with zero attached hydrogens (tertiary/aromatic N) is 4. The van der Waals surface area contributed by atoms with Crippen molar-refractivity contribution in [3.63, 3.8) is 0 Å². The van der Waals surface area contributed by atoms with E-state index in [0.717, 1.165) is 48.1 Å². The van der Waals surface area contributed by atoms with Crippen molar-refractivity contribution in [3.05, 3.63) is 47.1 Å². The molecule has 0 saturated heterocycles. The van der Waals surface area contributed by atoms with Crippen LogP contribution in [0.4, 0.5) is 17.2 Å². The van der Waals surface area contributed by atoms with E-state index in [-0.39, 0.29) is 0 Å². The van der Waals surface area contributed by atoms with Gasteiger partial charge in [0, 0.05) is 19.2 Å². The highest BCUT2D eigenvalue weighted by Gasteiger charge is 2.22. The Balaban J connectivity index is 1.99. The summed E-state index contributed by atoms with van der Waals surface area (Å²) in [4.78, 5) is 13.5. The Morgan fingerprint density at radius 2 is 2.00 bits per heavy atom. The Bertz CT molecular complexity index is 757. The normalized spacial score (nSPS) is 15.0. The Kier molecular flexibility index (Phi) is 5.02. The summed E-state index contributed by atoms with van der Waals surface area (Å²) in [6.45, 7) is 1.79. The Morgan fingerprint density at radius 3 is 2.79 bits per heavy atom. The van der Waals surface area contributed by atoms with Crippen LogP contribution in [0.2, 0.25) is 5.15 Å². The van der Waals surface area contributed by atoms with E-state index >= 15 is 0 Å². The van der Waals surface area contributed by atoms with Crippen LogP contribution < -0.4 is 10.2 Å². The molecule has 24 heavy (non-hydrogen) atoms. The van der Waals surface area contributed by atoms with Gasteiger partial charge in [0.1, 0.15) is 11.0 Å². The Hall–Kier alpha value is -2.11. The molecule has 0 bridgehead atoms. The summed E-state index contributed by atoms with van der Waals surface area (Å²) >= 11 is 6.09. The van der Waals surface area contributed by atoms with Gasteiger partial charge >= 0.3 is 0 Å². The zero-order chi connectivity index (χ0) is 17.1. The maximum Gasteiger partial charge on any atom is 0.158 e. The molecule has 3 rings (SSSR count). The van der Waals surface area contributed by atoms with Crippen molar-refractivity contribution in [2.45, 2.75) is 6.42 Å². The van der Waals surface area contributed by atoms with Crippen molar-refractivity contribution in [3.8, 4) is 0 Å². The Labute approximate surface area is 148 Å². The smallest absolute Gasteiger partial charge is 0.158 e. The number of pyridine rings is 1. The van der Waals surface area contributed by atoms with Crippen molar-refractivity contribution in [1.82, 2.24) is 9.88 Å². The molecular formula is C18H22ClN5. The minimum absolute atomic E-state index is 0.478. The minimum atomic E-state index is 0.478. The molecule has 1 aliphatic heterocycles. The molecule has 2 heterocycles. The van der Waals surface area contributed by atoms with Crippen LogP contribution in [0, 0.1) is 0 Å². The van der Waals surface area contributed by atoms with Crippen molar-refractivity contribution in [2.24, 2.45) is 4.99 Å². The van der Waals surface area contributed by atoms with E-state index in [1.54, 1.807) is 6.07 Å². The zero-order valence-electron chi connectivity index (χ0n) is 14.3. The summed E-state index contributed by atoms with van der Waals surface area (Å²) < 4.78 is 0. The summed E-state index contributed by atoms with van der Waals surface area (Å²) in [6.07, 6.45) is 1.02. The molecule has 0 radical (unpaired) electrons. The van der Waals surface area contributed by atoms with Gasteiger partial charge in [0.05, 0.1) is 11.4 Å². The average Bonchev–Trinajstić information content (AvgIpc) is 2.68. The van der Waals surface area contributed by atoms with Crippen LogP contribution in [-0.2, 0) is 0 Å². The second-order valence-corrected chi connectivity index (χ2v) is 6.48. The predicted octanol–water partition coefficient (Wildman–Crippen LogP) is 3.63. The molecule has 0 saturated carbocycles. The first kappa shape index (κ1) is 16.7. The SMILES string of the molecule is CN(C)CCCN=C1Nc2ccc(Cl)nc2N(C)c2ccccc21. The third kappa shape index (κ3) is 3.52. The molecule has 2 aromatic rings. The maximum atomic E-state index is 6.09. The lowest BCUT2D eigenvalue weighted by Crippen LogP contribution is -2.16.